The van der Waals surface area contributed by atoms with E-state index in [1.54, 1.807) is 0 Å². The van der Waals surface area contributed by atoms with Gasteiger partial charge in [0, 0.05) is 36.3 Å². The van der Waals surface area contributed by atoms with Crippen molar-refractivity contribution in [2.75, 3.05) is 10.6 Å². The normalized spacial score (nSPS) is 12.4. The predicted molar refractivity (Wildman–Crippen MR) is 94.2 cm³/mol. The molecular weight excluding hydrogens is 402 g/mol. The van der Waals surface area contributed by atoms with Gasteiger partial charge in [0.25, 0.3) is 0 Å². The number of carbonyl (C=O) groups excluding carboxylic acids is 2. The lowest BCUT2D eigenvalue weighted by Crippen LogP contribution is -2.50. The van der Waals surface area contributed by atoms with Gasteiger partial charge in [-0.25, -0.2) is 0 Å². The molecule has 0 fully saturated rings. The lowest BCUT2D eigenvalue weighted by Gasteiger charge is -2.33. The molecule has 0 heterocycles. The van der Waals surface area contributed by atoms with Crippen molar-refractivity contribution in [3.8, 4) is 0 Å². The summed E-state index contributed by atoms with van der Waals surface area (Å²) in [7, 11) is 0. The third-order valence-electron chi connectivity index (χ3n) is 3.92. The fourth-order valence-corrected chi connectivity index (χ4v) is 2.49. The molecule has 0 saturated carbocycles. The molecule has 4 nitrogen and oxygen atoms in total. The van der Waals surface area contributed by atoms with Crippen LogP contribution < -0.4 is 10.6 Å². The standard InChI is InChI=1S/C19H16F6N2O2/c1-11(28)26-15-7-3-13(4-8-15)17(20,21)19(24,25)18(22,23)14-5-9-16(10-6-14)27-12(2)29/h3-10H,1-2H3,(H,26,28)(H,27,29). The highest BCUT2D eigenvalue weighted by Crippen LogP contribution is 2.55. The van der Waals surface area contributed by atoms with E-state index in [0.717, 1.165) is 38.1 Å². The first-order valence-corrected chi connectivity index (χ1v) is 8.18. The maximum absolute atomic E-state index is 14.4. The number of hydrogen-bond donors (Lipinski definition) is 2. The Morgan fingerprint density at radius 3 is 1.14 bits per heavy atom. The van der Waals surface area contributed by atoms with Crippen LogP contribution in [0.3, 0.4) is 0 Å². The van der Waals surface area contributed by atoms with Crippen molar-refractivity contribution in [3.05, 3.63) is 59.7 Å². The monoisotopic (exact) mass is 418 g/mol. The van der Waals surface area contributed by atoms with Crippen molar-refractivity contribution in [2.24, 2.45) is 0 Å². The van der Waals surface area contributed by atoms with E-state index >= 15 is 0 Å². The fraction of sp³-hybridized carbons (Fsp3) is 0.263. The highest BCUT2D eigenvalue weighted by atomic mass is 19.3. The van der Waals surface area contributed by atoms with Gasteiger partial charge in [-0.2, -0.15) is 26.3 Å². The molecule has 0 aliphatic rings. The third kappa shape index (κ3) is 4.36. The first-order valence-electron chi connectivity index (χ1n) is 8.18. The van der Waals surface area contributed by atoms with E-state index < -0.39 is 40.7 Å². The highest BCUT2D eigenvalue weighted by molar-refractivity contribution is 5.89. The molecule has 29 heavy (non-hydrogen) atoms. The maximum atomic E-state index is 14.4. The van der Waals surface area contributed by atoms with Crippen molar-refractivity contribution < 1.29 is 35.9 Å². The van der Waals surface area contributed by atoms with Gasteiger partial charge in [-0.1, -0.05) is 24.3 Å². The number of rotatable bonds is 6. The minimum absolute atomic E-state index is 0.0423. The number of alkyl halides is 6. The Bertz CT molecular complexity index is 822. The molecule has 2 rings (SSSR count). The summed E-state index contributed by atoms with van der Waals surface area (Å²) in [6.07, 6.45) is 0. The molecule has 0 saturated heterocycles. The molecule has 2 amide bonds. The third-order valence-corrected chi connectivity index (χ3v) is 3.92. The van der Waals surface area contributed by atoms with Gasteiger partial charge in [0.05, 0.1) is 0 Å². The van der Waals surface area contributed by atoms with Crippen LogP contribution >= 0.6 is 0 Å². The molecule has 2 N–H and O–H groups in total. The fourth-order valence-electron chi connectivity index (χ4n) is 2.49. The predicted octanol–water partition coefficient (Wildman–Crippen LogP) is 5.12. The van der Waals surface area contributed by atoms with Crippen LogP contribution in [0.5, 0.6) is 0 Å². The molecular formula is C19H16F6N2O2. The molecule has 2 aromatic carbocycles. The second-order valence-corrected chi connectivity index (χ2v) is 6.24. The molecule has 2 aromatic rings. The average molecular weight is 418 g/mol. The molecule has 0 unspecified atom stereocenters. The van der Waals surface area contributed by atoms with Crippen LogP contribution in [-0.2, 0) is 21.4 Å². The van der Waals surface area contributed by atoms with Crippen LogP contribution in [0.15, 0.2) is 48.5 Å². The summed E-state index contributed by atoms with van der Waals surface area (Å²) in [6, 6.07) is 5.76. The highest BCUT2D eigenvalue weighted by Gasteiger charge is 2.72. The van der Waals surface area contributed by atoms with Crippen molar-refractivity contribution in [1.29, 1.82) is 0 Å². The number of carbonyl (C=O) groups is 2. The van der Waals surface area contributed by atoms with Crippen LogP contribution in [0.2, 0.25) is 0 Å². The number of benzene rings is 2. The zero-order chi connectivity index (χ0) is 22.0. The maximum Gasteiger partial charge on any atom is 0.380 e. The Hall–Kier alpha value is -3.04. The largest absolute Gasteiger partial charge is 0.380 e. The molecule has 0 atom stereocenters. The lowest BCUT2D eigenvalue weighted by atomic mass is 9.92. The first-order chi connectivity index (χ1) is 13.3. The van der Waals surface area contributed by atoms with E-state index in [1.165, 1.54) is 0 Å². The Balaban J connectivity index is 2.36. The van der Waals surface area contributed by atoms with Crippen molar-refractivity contribution in [2.45, 2.75) is 31.6 Å². The van der Waals surface area contributed by atoms with Gasteiger partial charge in [0.15, 0.2) is 0 Å². The summed E-state index contributed by atoms with van der Waals surface area (Å²) in [6.45, 7) is 2.29. The number of hydrogen-bond acceptors (Lipinski definition) is 2. The summed E-state index contributed by atoms with van der Waals surface area (Å²) < 4.78 is 86.2. The number of nitrogens with one attached hydrogen (secondary N) is 2. The van der Waals surface area contributed by atoms with Crippen molar-refractivity contribution in [1.82, 2.24) is 0 Å². The van der Waals surface area contributed by atoms with Gasteiger partial charge in [0.1, 0.15) is 0 Å². The summed E-state index contributed by atoms with van der Waals surface area (Å²) in [5, 5.41) is 4.50. The van der Waals surface area contributed by atoms with E-state index in [9.17, 15) is 35.9 Å². The molecule has 10 heteroatoms. The lowest BCUT2D eigenvalue weighted by molar-refractivity contribution is -0.321. The topological polar surface area (TPSA) is 58.2 Å². The molecule has 0 aliphatic carbocycles. The van der Waals surface area contributed by atoms with Crippen LogP contribution in [0.25, 0.3) is 0 Å². The first kappa shape index (κ1) is 22.3. The molecule has 0 spiro atoms. The van der Waals surface area contributed by atoms with E-state index in [-0.39, 0.29) is 11.4 Å². The van der Waals surface area contributed by atoms with E-state index in [2.05, 4.69) is 10.6 Å². The quantitative estimate of drug-likeness (QED) is 0.640. The van der Waals surface area contributed by atoms with Gasteiger partial charge in [-0.15, -0.1) is 0 Å². The smallest absolute Gasteiger partial charge is 0.326 e. The molecule has 0 aliphatic heterocycles. The van der Waals surface area contributed by atoms with Gasteiger partial charge in [0.2, 0.25) is 11.8 Å². The number of amides is 2. The average Bonchev–Trinajstić information content (AvgIpc) is 2.61. The Morgan fingerprint density at radius 1 is 0.621 bits per heavy atom. The molecule has 0 aromatic heterocycles. The van der Waals surface area contributed by atoms with Crippen molar-refractivity contribution in [3.63, 3.8) is 0 Å². The van der Waals surface area contributed by atoms with Crippen molar-refractivity contribution >= 4 is 23.2 Å². The number of anilines is 2. The molecule has 156 valence electrons. The zero-order valence-electron chi connectivity index (χ0n) is 15.2. The van der Waals surface area contributed by atoms with E-state index in [0.29, 0.717) is 24.3 Å². The van der Waals surface area contributed by atoms with Gasteiger partial charge < -0.3 is 10.6 Å². The Kier molecular flexibility index (Phi) is 5.96. The Morgan fingerprint density at radius 2 is 0.897 bits per heavy atom. The second kappa shape index (κ2) is 7.76. The summed E-state index contributed by atoms with van der Waals surface area (Å²) in [4.78, 5) is 21.8. The molecule has 0 radical (unpaired) electrons. The van der Waals surface area contributed by atoms with Crippen LogP contribution in [0.4, 0.5) is 37.7 Å². The Labute approximate surface area is 161 Å². The van der Waals surface area contributed by atoms with E-state index in [4.69, 9.17) is 0 Å². The minimum Gasteiger partial charge on any atom is -0.326 e. The SMILES string of the molecule is CC(=O)Nc1ccc(C(F)(F)C(F)(F)C(F)(F)c2ccc(NC(C)=O)cc2)cc1. The minimum atomic E-state index is -5.77. The van der Waals surface area contributed by atoms with Gasteiger partial charge in [-0.05, 0) is 24.3 Å². The van der Waals surface area contributed by atoms with Crippen LogP contribution in [0, 0.1) is 0 Å². The molecule has 0 bridgehead atoms. The summed E-state index contributed by atoms with van der Waals surface area (Å²) in [5.41, 5.74) is -2.60. The second-order valence-electron chi connectivity index (χ2n) is 6.24. The van der Waals surface area contributed by atoms with Gasteiger partial charge in [-0.3, -0.25) is 9.59 Å². The van der Waals surface area contributed by atoms with Crippen LogP contribution in [-0.4, -0.2) is 17.7 Å². The van der Waals surface area contributed by atoms with E-state index in [1.807, 2.05) is 0 Å². The summed E-state index contributed by atoms with van der Waals surface area (Å²) >= 11 is 0. The van der Waals surface area contributed by atoms with Crippen LogP contribution in [0.1, 0.15) is 25.0 Å². The zero-order valence-corrected chi connectivity index (χ0v) is 15.2. The van der Waals surface area contributed by atoms with Gasteiger partial charge >= 0.3 is 17.8 Å². The summed E-state index contributed by atoms with van der Waals surface area (Å²) in [5.74, 6) is -17.3. The number of halogens is 6.